The summed E-state index contributed by atoms with van der Waals surface area (Å²) >= 11 is 0. The van der Waals surface area contributed by atoms with Crippen LogP contribution in [0.2, 0.25) is 0 Å². The third-order valence-electron chi connectivity index (χ3n) is 7.78. The highest BCUT2D eigenvalue weighted by Gasteiger charge is 2.33. The van der Waals surface area contributed by atoms with Gasteiger partial charge in [-0.3, -0.25) is 0 Å². The molecule has 2 amide bonds. The van der Waals surface area contributed by atoms with Gasteiger partial charge in [-0.15, -0.1) is 0 Å². The molecule has 0 radical (unpaired) electrons. The van der Waals surface area contributed by atoms with Crippen LogP contribution in [-0.2, 0) is 33.1 Å². The molecule has 3 heterocycles. The number of hydrogen-bond donors (Lipinski definition) is 2. The van der Waals surface area contributed by atoms with Gasteiger partial charge in [-0.1, -0.05) is 18.2 Å². The summed E-state index contributed by atoms with van der Waals surface area (Å²) < 4.78 is 33.4. The largest absolute Gasteiger partial charge is 0.465 e. The van der Waals surface area contributed by atoms with Gasteiger partial charge < -0.3 is 29.1 Å². The lowest BCUT2D eigenvalue weighted by molar-refractivity contribution is 0.141. The summed E-state index contributed by atoms with van der Waals surface area (Å²) in [5.41, 5.74) is 5.73. The molecule has 2 aromatic carbocycles. The molecule has 204 valence electrons. The van der Waals surface area contributed by atoms with Crippen LogP contribution < -0.4 is 0 Å². The molecule has 0 atom stereocenters. The Kier molecular flexibility index (Phi) is 6.80. The molecule has 0 saturated carbocycles. The highest BCUT2D eigenvalue weighted by molar-refractivity contribution is 5.86. The third kappa shape index (κ3) is 4.39. The summed E-state index contributed by atoms with van der Waals surface area (Å²) in [6, 6.07) is 11.4. The Bertz CT molecular complexity index is 1610. The summed E-state index contributed by atoms with van der Waals surface area (Å²) in [6.07, 6.45) is -1.79. The number of aryl methyl sites for hydroxylation is 1. The molecule has 1 aliphatic rings. The fourth-order valence-corrected chi connectivity index (χ4v) is 5.75. The Hall–Kier alpha value is -4.34. The van der Waals surface area contributed by atoms with Gasteiger partial charge in [0.2, 0.25) is 0 Å². The van der Waals surface area contributed by atoms with Gasteiger partial charge in [0.05, 0.1) is 25.3 Å². The minimum Gasteiger partial charge on any atom is -0.465 e. The zero-order valence-corrected chi connectivity index (χ0v) is 22.0. The maximum absolute atomic E-state index is 15.4. The number of carboxylic acid groups (broad SMARTS) is 2. The van der Waals surface area contributed by atoms with E-state index in [0.717, 1.165) is 33.9 Å². The second-order valence-corrected chi connectivity index (χ2v) is 9.73. The Morgan fingerprint density at radius 1 is 0.923 bits per heavy atom. The van der Waals surface area contributed by atoms with Crippen LogP contribution in [-0.4, -0.2) is 54.4 Å². The Balaban J connectivity index is 1.82. The molecule has 0 fully saturated rings. The Morgan fingerprint density at radius 2 is 1.56 bits per heavy atom. The molecule has 10 heteroatoms. The first kappa shape index (κ1) is 26.3. The van der Waals surface area contributed by atoms with E-state index in [1.807, 2.05) is 35.9 Å². The standard InChI is InChI=1S/C29H30F2N4O4/c1-4-33(28(36)37)14-21-22(15-34(5-2)29(38)39)27(19-11-10-17(30)12-23(19)31)35-16-26-20(13-25(21)35)18-8-6-7-9-24(18)32(26)3/h6-12H,4-5,13-16H2,1-3H3,(H,36,37)(H,38,39). The van der Waals surface area contributed by atoms with E-state index in [0.29, 0.717) is 29.8 Å². The Morgan fingerprint density at radius 3 is 2.18 bits per heavy atom. The first-order valence-corrected chi connectivity index (χ1v) is 12.9. The summed E-state index contributed by atoms with van der Waals surface area (Å²) in [5, 5.41) is 20.8. The molecule has 5 rings (SSSR count). The van der Waals surface area contributed by atoms with Crippen molar-refractivity contribution in [1.29, 1.82) is 0 Å². The summed E-state index contributed by atoms with van der Waals surface area (Å²) in [7, 11) is 1.97. The summed E-state index contributed by atoms with van der Waals surface area (Å²) in [4.78, 5) is 26.6. The number of benzene rings is 2. The van der Waals surface area contributed by atoms with Gasteiger partial charge >= 0.3 is 12.2 Å². The average Bonchev–Trinajstić information content (AvgIpc) is 3.35. The molecule has 4 aromatic rings. The van der Waals surface area contributed by atoms with Crippen LogP contribution in [0.25, 0.3) is 22.2 Å². The van der Waals surface area contributed by atoms with Gasteiger partial charge in [-0.2, -0.15) is 0 Å². The van der Waals surface area contributed by atoms with Crippen molar-refractivity contribution in [3.05, 3.63) is 82.2 Å². The zero-order chi connectivity index (χ0) is 28.0. The van der Waals surface area contributed by atoms with Crippen molar-refractivity contribution >= 4 is 23.1 Å². The lowest BCUT2D eigenvalue weighted by Crippen LogP contribution is -2.31. The maximum Gasteiger partial charge on any atom is 0.407 e. The summed E-state index contributed by atoms with van der Waals surface area (Å²) in [6.45, 7) is 4.15. The first-order chi connectivity index (χ1) is 18.7. The third-order valence-corrected chi connectivity index (χ3v) is 7.78. The van der Waals surface area contributed by atoms with Gasteiger partial charge in [0.25, 0.3) is 0 Å². The second kappa shape index (κ2) is 10.1. The van der Waals surface area contributed by atoms with Crippen molar-refractivity contribution in [3.8, 4) is 11.3 Å². The molecule has 0 saturated heterocycles. The topological polar surface area (TPSA) is 90.9 Å². The molecule has 0 aliphatic carbocycles. The van der Waals surface area contributed by atoms with Crippen molar-refractivity contribution in [2.75, 3.05) is 13.1 Å². The van der Waals surface area contributed by atoms with Crippen molar-refractivity contribution < 1.29 is 28.6 Å². The molecule has 39 heavy (non-hydrogen) atoms. The molecule has 8 nitrogen and oxygen atoms in total. The van der Waals surface area contributed by atoms with Crippen molar-refractivity contribution in [1.82, 2.24) is 18.9 Å². The predicted molar refractivity (Wildman–Crippen MR) is 143 cm³/mol. The van der Waals surface area contributed by atoms with Crippen LogP contribution in [0.15, 0.2) is 42.5 Å². The number of para-hydroxylation sites is 1. The molecular formula is C29H30F2N4O4. The minimum absolute atomic E-state index is 0.0105. The second-order valence-electron chi connectivity index (χ2n) is 9.73. The van der Waals surface area contributed by atoms with Crippen LogP contribution in [0, 0.1) is 11.6 Å². The fourth-order valence-electron chi connectivity index (χ4n) is 5.75. The lowest BCUT2D eigenvalue weighted by atomic mass is 9.98. The van der Waals surface area contributed by atoms with E-state index >= 15 is 4.39 Å². The monoisotopic (exact) mass is 536 g/mol. The number of aromatic nitrogens is 2. The van der Waals surface area contributed by atoms with Crippen LogP contribution >= 0.6 is 0 Å². The number of halogens is 2. The van der Waals surface area contributed by atoms with Crippen molar-refractivity contribution in [2.24, 2.45) is 7.05 Å². The van der Waals surface area contributed by atoms with Crippen LogP contribution in [0.5, 0.6) is 0 Å². The highest BCUT2D eigenvalue weighted by atomic mass is 19.1. The van der Waals surface area contributed by atoms with Gasteiger partial charge in [0.1, 0.15) is 11.6 Å². The van der Waals surface area contributed by atoms with Crippen LogP contribution in [0.1, 0.15) is 41.9 Å². The molecule has 0 unspecified atom stereocenters. The first-order valence-electron chi connectivity index (χ1n) is 12.9. The number of fused-ring (bicyclic) bond motifs is 4. The van der Waals surface area contributed by atoms with Gasteiger partial charge in [-0.25, -0.2) is 18.4 Å². The van der Waals surface area contributed by atoms with Crippen LogP contribution in [0.4, 0.5) is 18.4 Å². The van der Waals surface area contributed by atoms with E-state index in [9.17, 15) is 24.2 Å². The summed E-state index contributed by atoms with van der Waals surface area (Å²) in [5.74, 6) is -1.49. The number of rotatable bonds is 7. The number of hydrogen-bond acceptors (Lipinski definition) is 2. The number of nitrogens with zero attached hydrogens (tertiary/aromatic N) is 4. The van der Waals surface area contributed by atoms with E-state index in [-0.39, 0.29) is 31.7 Å². The fraction of sp³-hybridized carbons (Fsp3) is 0.310. The van der Waals surface area contributed by atoms with E-state index in [4.69, 9.17) is 0 Å². The van der Waals surface area contributed by atoms with Gasteiger partial charge in [0, 0.05) is 66.0 Å². The van der Waals surface area contributed by atoms with E-state index < -0.39 is 23.8 Å². The lowest BCUT2D eigenvalue weighted by Gasteiger charge is -2.23. The van der Waals surface area contributed by atoms with E-state index in [2.05, 4.69) is 4.57 Å². The van der Waals surface area contributed by atoms with Crippen LogP contribution in [0.3, 0.4) is 0 Å². The molecule has 2 N–H and O–H groups in total. The number of carbonyl (C=O) groups is 2. The quantitative estimate of drug-likeness (QED) is 0.272. The normalized spacial score (nSPS) is 12.3. The van der Waals surface area contributed by atoms with Crippen molar-refractivity contribution in [2.45, 2.75) is 39.9 Å². The number of amides is 2. The molecule has 2 aromatic heterocycles. The molecular weight excluding hydrogens is 506 g/mol. The minimum atomic E-state index is -1.14. The average molecular weight is 537 g/mol. The maximum atomic E-state index is 15.4. The molecule has 0 spiro atoms. The molecule has 0 bridgehead atoms. The predicted octanol–water partition coefficient (Wildman–Crippen LogP) is 5.88. The smallest absolute Gasteiger partial charge is 0.407 e. The van der Waals surface area contributed by atoms with Gasteiger partial charge in [-0.05, 0) is 43.2 Å². The van der Waals surface area contributed by atoms with E-state index in [1.54, 1.807) is 13.8 Å². The van der Waals surface area contributed by atoms with Crippen molar-refractivity contribution in [3.63, 3.8) is 0 Å². The zero-order valence-electron chi connectivity index (χ0n) is 22.0. The Labute approximate surface area is 224 Å². The highest BCUT2D eigenvalue weighted by Crippen LogP contribution is 2.41. The van der Waals surface area contributed by atoms with E-state index in [1.165, 1.54) is 21.9 Å². The van der Waals surface area contributed by atoms with Gasteiger partial charge in [0.15, 0.2) is 0 Å². The molecule has 1 aliphatic heterocycles. The SMILES string of the molecule is CCN(Cc1c(CN(CC)C(=O)O)c(-c2ccc(F)cc2F)n2c1Cc1c(n(C)c3ccccc13)C2)C(=O)O.